The Bertz CT molecular complexity index is 666. The molecular weight excluding hydrogens is 324 g/mol. The van der Waals surface area contributed by atoms with Gasteiger partial charge in [-0.1, -0.05) is 41.5 Å². The number of nitrogens with one attached hydrogen (secondary N) is 2. The Kier molecular flexibility index (Phi) is 4.94. The van der Waals surface area contributed by atoms with E-state index in [9.17, 15) is 8.42 Å². The van der Waals surface area contributed by atoms with Crippen LogP contribution in [0.1, 0.15) is 54.9 Å². The van der Waals surface area contributed by atoms with Gasteiger partial charge in [0.05, 0.1) is 6.04 Å². The summed E-state index contributed by atoms with van der Waals surface area (Å²) in [6, 6.07) is -0.0298. The number of aliphatic imine (C=N–C) groups is 1. The maximum Gasteiger partial charge on any atom is 0.276 e. The van der Waals surface area contributed by atoms with E-state index in [2.05, 4.69) is 62.8 Å². The SMILES string of the molecule is CNS(=O)(=O)N[C@@H]1CC2=C(C(C)(C)C)[C@H](C)N=C(C(C)(C)C)N2C1. The van der Waals surface area contributed by atoms with Crippen LogP contribution in [0.2, 0.25) is 0 Å². The molecule has 24 heavy (non-hydrogen) atoms. The zero-order valence-electron chi connectivity index (χ0n) is 16.2. The minimum atomic E-state index is -3.45. The van der Waals surface area contributed by atoms with Crippen molar-refractivity contribution in [2.45, 2.75) is 67.0 Å². The van der Waals surface area contributed by atoms with Gasteiger partial charge in [-0.3, -0.25) is 4.99 Å². The summed E-state index contributed by atoms with van der Waals surface area (Å²) in [4.78, 5) is 7.23. The number of hydrogen-bond donors (Lipinski definition) is 2. The van der Waals surface area contributed by atoms with Gasteiger partial charge in [-0.25, -0.2) is 4.72 Å². The first kappa shape index (κ1) is 19.4. The van der Waals surface area contributed by atoms with E-state index < -0.39 is 10.2 Å². The number of fused-ring (bicyclic) bond motifs is 1. The van der Waals surface area contributed by atoms with Crippen molar-refractivity contribution in [3.8, 4) is 0 Å². The fraction of sp³-hybridized carbons (Fsp3) is 0.824. The summed E-state index contributed by atoms with van der Waals surface area (Å²) in [5, 5.41) is 0. The first-order valence-corrected chi connectivity index (χ1v) is 10.0. The highest BCUT2D eigenvalue weighted by Crippen LogP contribution is 2.42. The Morgan fingerprint density at radius 2 is 1.71 bits per heavy atom. The molecule has 2 aliphatic heterocycles. The molecule has 0 aromatic rings. The lowest BCUT2D eigenvalue weighted by molar-refractivity contribution is 0.393. The molecule has 2 atom stereocenters. The topological polar surface area (TPSA) is 73.8 Å². The molecule has 2 heterocycles. The van der Waals surface area contributed by atoms with Crippen molar-refractivity contribution in [1.82, 2.24) is 14.3 Å². The molecule has 0 spiro atoms. The van der Waals surface area contributed by atoms with Crippen LogP contribution in [-0.2, 0) is 10.2 Å². The second kappa shape index (κ2) is 6.11. The van der Waals surface area contributed by atoms with Crippen LogP contribution in [0.3, 0.4) is 0 Å². The number of nitrogens with zero attached hydrogens (tertiary/aromatic N) is 2. The van der Waals surface area contributed by atoms with Crippen molar-refractivity contribution in [3.05, 3.63) is 11.3 Å². The number of amidine groups is 1. The van der Waals surface area contributed by atoms with E-state index in [4.69, 9.17) is 4.99 Å². The molecule has 2 N–H and O–H groups in total. The summed E-state index contributed by atoms with van der Waals surface area (Å²) in [7, 11) is -2.03. The van der Waals surface area contributed by atoms with Gasteiger partial charge in [-0.2, -0.15) is 13.1 Å². The van der Waals surface area contributed by atoms with Crippen molar-refractivity contribution in [3.63, 3.8) is 0 Å². The lowest BCUT2D eigenvalue weighted by atomic mass is 9.79. The molecule has 0 bridgehead atoms. The van der Waals surface area contributed by atoms with Crippen LogP contribution in [0.15, 0.2) is 16.3 Å². The van der Waals surface area contributed by atoms with Crippen molar-refractivity contribution in [2.24, 2.45) is 15.8 Å². The van der Waals surface area contributed by atoms with Crippen LogP contribution < -0.4 is 9.44 Å². The van der Waals surface area contributed by atoms with Gasteiger partial charge in [0, 0.05) is 37.2 Å². The molecule has 0 saturated carbocycles. The Morgan fingerprint density at radius 3 is 2.17 bits per heavy atom. The quantitative estimate of drug-likeness (QED) is 0.814. The summed E-state index contributed by atoms with van der Waals surface area (Å²) in [5.74, 6) is 1.05. The Morgan fingerprint density at radius 1 is 1.12 bits per heavy atom. The summed E-state index contributed by atoms with van der Waals surface area (Å²) >= 11 is 0. The maximum atomic E-state index is 11.9. The second-order valence-corrected chi connectivity index (χ2v) is 10.5. The van der Waals surface area contributed by atoms with Gasteiger partial charge in [0.25, 0.3) is 10.2 Å². The van der Waals surface area contributed by atoms with Gasteiger partial charge in [0.2, 0.25) is 0 Å². The minimum absolute atomic E-state index is 0.00329. The third kappa shape index (κ3) is 3.83. The lowest BCUT2D eigenvalue weighted by Crippen LogP contribution is -2.46. The molecule has 1 saturated heterocycles. The van der Waals surface area contributed by atoms with Crippen molar-refractivity contribution in [2.75, 3.05) is 13.6 Å². The molecule has 0 amide bonds. The molecular formula is C17H32N4O2S. The predicted molar refractivity (Wildman–Crippen MR) is 99.1 cm³/mol. The smallest absolute Gasteiger partial charge is 0.276 e. The Balaban J connectivity index is 2.46. The zero-order chi connectivity index (χ0) is 18.5. The van der Waals surface area contributed by atoms with Gasteiger partial charge < -0.3 is 4.90 Å². The molecule has 0 aromatic carbocycles. The van der Waals surface area contributed by atoms with E-state index in [1.165, 1.54) is 18.3 Å². The monoisotopic (exact) mass is 356 g/mol. The van der Waals surface area contributed by atoms with Crippen molar-refractivity contribution in [1.29, 1.82) is 0 Å². The Hall–Kier alpha value is -0.920. The highest BCUT2D eigenvalue weighted by atomic mass is 32.2. The fourth-order valence-electron chi connectivity index (χ4n) is 3.78. The fourth-order valence-corrected chi connectivity index (χ4v) is 4.50. The minimum Gasteiger partial charge on any atom is -0.332 e. The summed E-state index contributed by atoms with van der Waals surface area (Å²) in [6.07, 6.45) is 0.701. The van der Waals surface area contributed by atoms with Crippen LogP contribution in [0.4, 0.5) is 0 Å². The predicted octanol–water partition coefficient (Wildman–Crippen LogP) is 2.26. The molecule has 7 heteroatoms. The molecule has 138 valence electrons. The summed E-state index contributed by atoms with van der Waals surface area (Å²) < 4.78 is 28.9. The highest BCUT2D eigenvalue weighted by Gasteiger charge is 2.43. The Labute approximate surface area is 147 Å². The number of rotatable bonds is 3. The van der Waals surface area contributed by atoms with Gasteiger partial charge in [-0.05, 0) is 17.9 Å². The molecule has 1 fully saturated rings. The van der Waals surface area contributed by atoms with Crippen LogP contribution in [0, 0.1) is 10.8 Å². The molecule has 2 rings (SSSR count). The largest absolute Gasteiger partial charge is 0.332 e. The average Bonchev–Trinajstić information content (AvgIpc) is 2.76. The maximum absolute atomic E-state index is 11.9. The highest BCUT2D eigenvalue weighted by molar-refractivity contribution is 7.87. The first-order chi connectivity index (χ1) is 10.8. The van der Waals surface area contributed by atoms with Gasteiger partial charge in [0.15, 0.2) is 0 Å². The summed E-state index contributed by atoms with van der Waals surface area (Å²) in [6.45, 7) is 15.8. The van der Waals surface area contributed by atoms with Crippen molar-refractivity contribution < 1.29 is 8.42 Å². The lowest BCUT2D eigenvalue weighted by Gasteiger charge is -2.41. The van der Waals surface area contributed by atoms with E-state index in [0.717, 1.165) is 5.84 Å². The van der Waals surface area contributed by atoms with E-state index in [1.807, 2.05) is 0 Å². The number of hydrogen-bond acceptors (Lipinski definition) is 4. The molecule has 0 radical (unpaired) electrons. The van der Waals surface area contributed by atoms with Crippen LogP contribution >= 0.6 is 0 Å². The van der Waals surface area contributed by atoms with Gasteiger partial charge >= 0.3 is 0 Å². The third-order valence-corrected chi connectivity index (χ3v) is 5.72. The van der Waals surface area contributed by atoms with Crippen LogP contribution in [0.25, 0.3) is 0 Å². The molecule has 0 aliphatic carbocycles. The van der Waals surface area contributed by atoms with Crippen LogP contribution in [0.5, 0.6) is 0 Å². The zero-order valence-corrected chi connectivity index (χ0v) is 17.0. The standard InChI is InChI=1S/C17H32N4O2S/c1-11-14(16(2,3)4)13-9-12(20-24(22,23)18-8)10-21(13)15(19-11)17(5,6)7/h11-12,18,20H,9-10H2,1-8H3/t11-,12+/m0/s1. The third-order valence-electron chi connectivity index (χ3n) is 4.54. The van der Waals surface area contributed by atoms with Gasteiger partial charge in [0.1, 0.15) is 5.84 Å². The van der Waals surface area contributed by atoms with E-state index in [0.29, 0.717) is 13.0 Å². The van der Waals surface area contributed by atoms with E-state index in [-0.39, 0.29) is 22.9 Å². The second-order valence-electron chi connectivity index (χ2n) is 8.83. The van der Waals surface area contributed by atoms with Crippen LogP contribution in [-0.4, -0.2) is 44.8 Å². The van der Waals surface area contributed by atoms with E-state index >= 15 is 0 Å². The average molecular weight is 357 g/mol. The molecule has 6 nitrogen and oxygen atoms in total. The first-order valence-electron chi connectivity index (χ1n) is 8.56. The van der Waals surface area contributed by atoms with Gasteiger partial charge in [-0.15, -0.1) is 0 Å². The molecule has 0 aromatic heterocycles. The molecule has 2 aliphatic rings. The normalized spacial score (nSPS) is 25.8. The summed E-state index contributed by atoms with van der Waals surface area (Å²) in [5.41, 5.74) is 2.46. The van der Waals surface area contributed by atoms with E-state index in [1.54, 1.807) is 0 Å². The van der Waals surface area contributed by atoms with Crippen molar-refractivity contribution >= 4 is 16.0 Å². The molecule has 0 unspecified atom stereocenters.